The molecule has 1 amide bonds. The molecule has 0 aliphatic rings. The summed E-state index contributed by atoms with van der Waals surface area (Å²) in [6.45, 7) is 1.12. The number of carbonyl (C=O) groups excluding carboxylic acids is 1. The summed E-state index contributed by atoms with van der Waals surface area (Å²) < 4.78 is 2.11. The van der Waals surface area contributed by atoms with Crippen LogP contribution in [-0.4, -0.2) is 27.0 Å². The third-order valence-corrected chi connectivity index (χ3v) is 5.40. The number of fused-ring (bicyclic) bond motifs is 1. The van der Waals surface area contributed by atoms with Crippen molar-refractivity contribution in [2.24, 2.45) is 0 Å². The number of hydrogen-bond acceptors (Lipinski definition) is 3. The van der Waals surface area contributed by atoms with Crippen LogP contribution < -0.4 is 5.32 Å². The standard InChI is InChI=1S/C24H23ClN4O/c25-20-10-5-4-9-19(20)17-23(30)26-15-16-29-22(13-12-18-7-2-1-3-8-18)28-21-11-6-14-27-24(21)29/h1-11,14H,12-13,15-17H2,(H,26,30). The lowest BCUT2D eigenvalue weighted by Gasteiger charge is -2.10. The first-order valence-electron chi connectivity index (χ1n) is 10.0. The van der Waals surface area contributed by atoms with E-state index in [9.17, 15) is 4.79 Å². The van der Waals surface area contributed by atoms with Crippen LogP contribution in [-0.2, 0) is 30.6 Å². The molecule has 2 heterocycles. The molecule has 0 aliphatic carbocycles. The number of imidazole rings is 1. The van der Waals surface area contributed by atoms with Crippen LogP contribution in [0, 0.1) is 0 Å². The van der Waals surface area contributed by atoms with Crippen LogP contribution in [0.2, 0.25) is 5.02 Å². The molecule has 30 heavy (non-hydrogen) atoms. The zero-order valence-electron chi connectivity index (χ0n) is 16.6. The van der Waals surface area contributed by atoms with Gasteiger partial charge in [-0.25, -0.2) is 9.97 Å². The fraction of sp³-hybridized carbons (Fsp3) is 0.208. The second-order valence-electron chi connectivity index (χ2n) is 7.13. The highest BCUT2D eigenvalue weighted by molar-refractivity contribution is 6.31. The number of benzene rings is 2. The van der Waals surface area contributed by atoms with Crippen molar-refractivity contribution in [2.45, 2.75) is 25.8 Å². The van der Waals surface area contributed by atoms with E-state index in [0.29, 0.717) is 18.1 Å². The van der Waals surface area contributed by atoms with E-state index >= 15 is 0 Å². The Balaban J connectivity index is 1.42. The summed E-state index contributed by atoms with van der Waals surface area (Å²) >= 11 is 6.15. The molecule has 152 valence electrons. The van der Waals surface area contributed by atoms with Crippen LogP contribution in [0.25, 0.3) is 11.2 Å². The molecule has 0 bridgehead atoms. The topological polar surface area (TPSA) is 59.8 Å². The van der Waals surface area contributed by atoms with Crippen molar-refractivity contribution in [3.05, 3.63) is 94.9 Å². The first-order chi connectivity index (χ1) is 14.7. The molecule has 0 saturated carbocycles. The van der Waals surface area contributed by atoms with Gasteiger partial charge in [0.1, 0.15) is 11.3 Å². The molecule has 5 nitrogen and oxygen atoms in total. The van der Waals surface area contributed by atoms with Crippen LogP contribution in [0.4, 0.5) is 0 Å². The maximum Gasteiger partial charge on any atom is 0.224 e. The van der Waals surface area contributed by atoms with Crippen molar-refractivity contribution in [1.29, 1.82) is 0 Å². The van der Waals surface area contributed by atoms with Gasteiger partial charge in [0, 0.05) is 30.7 Å². The van der Waals surface area contributed by atoms with E-state index in [-0.39, 0.29) is 12.3 Å². The molecule has 2 aromatic carbocycles. The van der Waals surface area contributed by atoms with Gasteiger partial charge in [0.25, 0.3) is 0 Å². The van der Waals surface area contributed by atoms with Crippen molar-refractivity contribution in [1.82, 2.24) is 19.9 Å². The van der Waals surface area contributed by atoms with Gasteiger partial charge in [-0.3, -0.25) is 4.79 Å². The van der Waals surface area contributed by atoms with Crippen LogP contribution in [0.15, 0.2) is 72.9 Å². The van der Waals surface area contributed by atoms with Crippen LogP contribution in [0.1, 0.15) is 17.0 Å². The second kappa shape index (κ2) is 9.55. The number of halogens is 1. The Morgan fingerprint density at radius 3 is 2.60 bits per heavy atom. The lowest BCUT2D eigenvalue weighted by atomic mass is 10.1. The smallest absolute Gasteiger partial charge is 0.224 e. The van der Waals surface area contributed by atoms with Gasteiger partial charge in [-0.1, -0.05) is 60.1 Å². The fourth-order valence-electron chi connectivity index (χ4n) is 3.52. The van der Waals surface area contributed by atoms with E-state index in [1.54, 1.807) is 12.3 Å². The number of amides is 1. The molecule has 0 atom stereocenters. The van der Waals surface area contributed by atoms with E-state index in [1.165, 1.54) is 5.56 Å². The summed E-state index contributed by atoms with van der Waals surface area (Å²) in [5.74, 6) is 0.930. The summed E-state index contributed by atoms with van der Waals surface area (Å²) in [6, 6.07) is 21.7. The van der Waals surface area contributed by atoms with E-state index in [4.69, 9.17) is 16.6 Å². The number of rotatable bonds is 8. The average Bonchev–Trinajstić information content (AvgIpc) is 3.12. The zero-order valence-corrected chi connectivity index (χ0v) is 17.3. The molecular weight excluding hydrogens is 396 g/mol. The Hall–Kier alpha value is -3.18. The fourth-order valence-corrected chi connectivity index (χ4v) is 3.72. The molecule has 0 saturated heterocycles. The summed E-state index contributed by atoms with van der Waals surface area (Å²) in [5.41, 5.74) is 3.83. The molecular formula is C24H23ClN4O. The summed E-state index contributed by atoms with van der Waals surface area (Å²) in [7, 11) is 0. The summed E-state index contributed by atoms with van der Waals surface area (Å²) in [6.07, 6.45) is 3.76. The molecule has 0 spiro atoms. The van der Waals surface area contributed by atoms with Gasteiger partial charge in [0.15, 0.2) is 5.65 Å². The third kappa shape index (κ3) is 4.86. The Morgan fingerprint density at radius 2 is 1.77 bits per heavy atom. The number of carbonyl (C=O) groups is 1. The van der Waals surface area contributed by atoms with Crippen LogP contribution in [0.3, 0.4) is 0 Å². The third-order valence-electron chi connectivity index (χ3n) is 5.03. The minimum absolute atomic E-state index is 0.0497. The van der Waals surface area contributed by atoms with E-state index in [1.807, 2.05) is 48.5 Å². The molecule has 0 radical (unpaired) electrons. The highest BCUT2D eigenvalue weighted by Gasteiger charge is 2.12. The SMILES string of the molecule is O=C(Cc1ccccc1Cl)NCCn1c(CCc2ccccc2)nc2cccnc21. The number of aromatic nitrogens is 3. The summed E-state index contributed by atoms with van der Waals surface area (Å²) in [5, 5.41) is 3.60. The van der Waals surface area contributed by atoms with E-state index in [0.717, 1.165) is 35.4 Å². The number of pyridine rings is 1. The minimum Gasteiger partial charge on any atom is -0.354 e. The molecule has 2 aromatic heterocycles. The van der Waals surface area contributed by atoms with Gasteiger partial charge in [-0.15, -0.1) is 0 Å². The quantitative estimate of drug-likeness (QED) is 0.466. The predicted octanol–water partition coefficient (Wildman–Crippen LogP) is 4.23. The predicted molar refractivity (Wildman–Crippen MR) is 120 cm³/mol. The summed E-state index contributed by atoms with van der Waals surface area (Å²) in [4.78, 5) is 21.6. The molecule has 1 N–H and O–H groups in total. The Kier molecular flexibility index (Phi) is 6.40. The first kappa shape index (κ1) is 20.1. The zero-order chi connectivity index (χ0) is 20.8. The van der Waals surface area contributed by atoms with Gasteiger partial charge in [-0.05, 0) is 35.7 Å². The number of nitrogens with one attached hydrogen (secondary N) is 1. The Morgan fingerprint density at radius 1 is 0.967 bits per heavy atom. The Labute approximate surface area is 180 Å². The largest absolute Gasteiger partial charge is 0.354 e. The highest BCUT2D eigenvalue weighted by atomic mass is 35.5. The molecule has 0 aliphatic heterocycles. The highest BCUT2D eigenvalue weighted by Crippen LogP contribution is 2.16. The van der Waals surface area contributed by atoms with Crippen LogP contribution >= 0.6 is 11.6 Å². The van der Waals surface area contributed by atoms with Crippen molar-refractivity contribution in [3.63, 3.8) is 0 Å². The molecule has 4 aromatic rings. The van der Waals surface area contributed by atoms with E-state index < -0.39 is 0 Å². The van der Waals surface area contributed by atoms with Gasteiger partial charge < -0.3 is 9.88 Å². The Bertz CT molecular complexity index is 1140. The molecule has 0 fully saturated rings. The maximum absolute atomic E-state index is 12.3. The van der Waals surface area contributed by atoms with Crippen LogP contribution in [0.5, 0.6) is 0 Å². The lowest BCUT2D eigenvalue weighted by molar-refractivity contribution is -0.120. The first-order valence-corrected chi connectivity index (χ1v) is 10.4. The van der Waals surface area contributed by atoms with Gasteiger partial charge in [-0.2, -0.15) is 0 Å². The minimum atomic E-state index is -0.0497. The number of aryl methyl sites for hydroxylation is 2. The van der Waals surface area contributed by atoms with E-state index in [2.05, 4.69) is 27.0 Å². The lowest BCUT2D eigenvalue weighted by Crippen LogP contribution is -2.29. The van der Waals surface area contributed by atoms with Crippen molar-refractivity contribution < 1.29 is 4.79 Å². The van der Waals surface area contributed by atoms with Gasteiger partial charge in [0.2, 0.25) is 5.91 Å². The van der Waals surface area contributed by atoms with Crippen molar-refractivity contribution in [3.8, 4) is 0 Å². The monoisotopic (exact) mass is 418 g/mol. The molecule has 4 rings (SSSR count). The second-order valence-corrected chi connectivity index (χ2v) is 7.54. The number of nitrogens with zero attached hydrogens (tertiary/aromatic N) is 3. The van der Waals surface area contributed by atoms with Crippen molar-refractivity contribution >= 4 is 28.7 Å². The van der Waals surface area contributed by atoms with Gasteiger partial charge >= 0.3 is 0 Å². The number of hydrogen-bond donors (Lipinski definition) is 1. The van der Waals surface area contributed by atoms with Crippen molar-refractivity contribution in [2.75, 3.05) is 6.54 Å². The average molecular weight is 419 g/mol. The van der Waals surface area contributed by atoms with Gasteiger partial charge in [0.05, 0.1) is 6.42 Å². The normalized spacial score (nSPS) is 11.0. The molecule has 6 heteroatoms. The molecule has 0 unspecified atom stereocenters. The maximum atomic E-state index is 12.3.